The molecule has 0 spiro atoms. The minimum absolute atomic E-state index is 0.154. The Morgan fingerprint density at radius 1 is 1.17 bits per heavy atom. The molecule has 4 rings (SSSR count). The molecule has 8 heteroatoms. The second kappa shape index (κ2) is 8.28. The molecule has 0 aliphatic rings. The average Bonchev–Trinajstić information content (AvgIpc) is 3.19. The Morgan fingerprint density at radius 2 is 1.90 bits per heavy atom. The molecule has 7 nitrogen and oxygen atoms in total. The standard InChI is InChI=1S/C22H20FN5O2/c1-14(25-21(29)11-15-3-7-17(23)8-4-15)22-26-20-12-19(24-13-28(20)27-22)16-5-9-18(30-2)10-6-16/h3-10,12-14H,11H2,1-2H3,(H,25,29)/t14-/m0/s1. The first-order chi connectivity index (χ1) is 14.5. The zero-order valence-electron chi connectivity index (χ0n) is 16.5. The van der Waals surface area contributed by atoms with Crippen molar-refractivity contribution in [2.75, 3.05) is 7.11 Å². The number of hydrogen-bond donors (Lipinski definition) is 1. The van der Waals surface area contributed by atoms with Crippen LogP contribution in [0.25, 0.3) is 16.9 Å². The molecule has 0 fully saturated rings. The summed E-state index contributed by atoms with van der Waals surface area (Å²) in [5.74, 6) is 0.736. The predicted molar refractivity (Wildman–Crippen MR) is 109 cm³/mol. The summed E-state index contributed by atoms with van der Waals surface area (Å²) in [7, 11) is 1.62. The lowest BCUT2D eigenvalue weighted by atomic mass is 10.1. The van der Waals surface area contributed by atoms with Gasteiger partial charge in [-0.2, -0.15) is 0 Å². The number of rotatable bonds is 6. The fraction of sp³-hybridized carbons (Fsp3) is 0.182. The van der Waals surface area contributed by atoms with Crippen molar-refractivity contribution in [1.82, 2.24) is 24.9 Å². The molecule has 4 aromatic rings. The van der Waals surface area contributed by atoms with Gasteiger partial charge in [-0.3, -0.25) is 4.79 Å². The van der Waals surface area contributed by atoms with Gasteiger partial charge in [0.25, 0.3) is 0 Å². The molecular weight excluding hydrogens is 385 g/mol. The van der Waals surface area contributed by atoms with Gasteiger partial charge in [0.05, 0.1) is 25.3 Å². The van der Waals surface area contributed by atoms with E-state index in [0.717, 1.165) is 22.6 Å². The first-order valence-corrected chi connectivity index (χ1v) is 9.42. The number of carbonyl (C=O) groups is 1. The number of halogens is 1. The van der Waals surface area contributed by atoms with Gasteiger partial charge in [-0.05, 0) is 48.9 Å². The third-order valence-electron chi connectivity index (χ3n) is 4.67. The highest BCUT2D eigenvalue weighted by Gasteiger charge is 2.16. The van der Waals surface area contributed by atoms with Crippen molar-refractivity contribution >= 4 is 11.6 Å². The van der Waals surface area contributed by atoms with Gasteiger partial charge in [0.2, 0.25) is 5.91 Å². The quantitative estimate of drug-likeness (QED) is 0.532. The van der Waals surface area contributed by atoms with Gasteiger partial charge >= 0.3 is 0 Å². The van der Waals surface area contributed by atoms with Gasteiger partial charge in [-0.15, -0.1) is 5.10 Å². The minimum atomic E-state index is -0.387. The Bertz CT molecular complexity index is 1170. The van der Waals surface area contributed by atoms with Gasteiger partial charge in [-0.25, -0.2) is 18.9 Å². The monoisotopic (exact) mass is 405 g/mol. The van der Waals surface area contributed by atoms with Gasteiger partial charge < -0.3 is 10.1 Å². The molecule has 0 aliphatic heterocycles. The average molecular weight is 405 g/mol. The molecular formula is C22H20FN5O2. The number of fused-ring (bicyclic) bond motifs is 1. The van der Waals surface area contributed by atoms with E-state index in [-0.39, 0.29) is 24.2 Å². The molecule has 0 aliphatic carbocycles. The van der Waals surface area contributed by atoms with Crippen LogP contribution in [0.3, 0.4) is 0 Å². The van der Waals surface area contributed by atoms with Crippen LogP contribution in [0.5, 0.6) is 5.75 Å². The summed E-state index contributed by atoms with van der Waals surface area (Å²) in [5.41, 5.74) is 3.06. The van der Waals surface area contributed by atoms with Crippen LogP contribution >= 0.6 is 0 Å². The van der Waals surface area contributed by atoms with Gasteiger partial charge in [0.15, 0.2) is 11.5 Å². The molecule has 0 radical (unpaired) electrons. The molecule has 2 aromatic heterocycles. The van der Waals surface area contributed by atoms with Crippen LogP contribution < -0.4 is 10.1 Å². The third kappa shape index (κ3) is 4.27. The van der Waals surface area contributed by atoms with Crippen LogP contribution in [0.4, 0.5) is 4.39 Å². The van der Waals surface area contributed by atoms with Crippen LogP contribution in [0, 0.1) is 5.82 Å². The maximum absolute atomic E-state index is 13.0. The fourth-order valence-corrected chi connectivity index (χ4v) is 3.06. The molecule has 0 bridgehead atoms. The van der Waals surface area contributed by atoms with Crippen molar-refractivity contribution in [2.24, 2.45) is 0 Å². The van der Waals surface area contributed by atoms with Crippen molar-refractivity contribution in [1.29, 1.82) is 0 Å². The predicted octanol–water partition coefficient (Wildman–Crippen LogP) is 3.36. The summed E-state index contributed by atoms with van der Waals surface area (Å²) in [5, 5.41) is 7.28. The lowest BCUT2D eigenvalue weighted by molar-refractivity contribution is -0.121. The Morgan fingerprint density at radius 3 is 2.60 bits per heavy atom. The van der Waals surface area contributed by atoms with Crippen molar-refractivity contribution in [3.05, 3.63) is 78.1 Å². The number of ether oxygens (including phenoxy) is 1. The summed E-state index contributed by atoms with van der Waals surface area (Å²) in [6.45, 7) is 1.81. The summed E-state index contributed by atoms with van der Waals surface area (Å²) in [4.78, 5) is 21.3. The van der Waals surface area contributed by atoms with Crippen molar-refractivity contribution in [3.8, 4) is 17.0 Å². The van der Waals surface area contributed by atoms with E-state index in [1.165, 1.54) is 12.1 Å². The first-order valence-electron chi connectivity index (χ1n) is 9.42. The van der Waals surface area contributed by atoms with Gasteiger partial charge in [-0.1, -0.05) is 12.1 Å². The summed E-state index contributed by atoms with van der Waals surface area (Å²) >= 11 is 0. The fourth-order valence-electron chi connectivity index (χ4n) is 3.06. The van der Waals surface area contributed by atoms with Gasteiger partial charge in [0.1, 0.15) is 17.9 Å². The molecule has 0 saturated carbocycles. The van der Waals surface area contributed by atoms with E-state index in [4.69, 9.17) is 4.74 Å². The summed E-state index contributed by atoms with van der Waals surface area (Å²) in [6, 6.07) is 14.9. The highest BCUT2D eigenvalue weighted by Crippen LogP contribution is 2.21. The van der Waals surface area contributed by atoms with Crippen molar-refractivity contribution in [2.45, 2.75) is 19.4 Å². The van der Waals surface area contributed by atoms with E-state index in [9.17, 15) is 9.18 Å². The van der Waals surface area contributed by atoms with E-state index in [2.05, 4.69) is 20.4 Å². The molecule has 2 aromatic carbocycles. The maximum atomic E-state index is 13.0. The Hall–Kier alpha value is -3.81. The zero-order valence-corrected chi connectivity index (χ0v) is 16.5. The lowest BCUT2D eigenvalue weighted by Crippen LogP contribution is -2.28. The summed E-state index contributed by atoms with van der Waals surface area (Å²) in [6.07, 6.45) is 1.75. The normalized spacial score (nSPS) is 12.0. The van der Waals surface area contributed by atoms with E-state index in [0.29, 0.717) is 11.5 Å². The first kappa shape index (κ1) is 19.5. The summed E-state index contributed by atoms with van der Waals surface area (Å²) < 4.78 is 19.8. The number of hydrogen-bond acceptors (Lipinski definition) is 5. The van der Waals surface area contributed by atoms with Gasteiger partial charge in [0, 0.05) is 11.6 Å². The number of methoxy groups -OCH3 is 1. The minimum Gasteiger partial charge on any atom is -0.497 e. The second-order valence-electron chi connectivity index (χ2n) is 6.87. The van der Waals surface area contributed by atoms with Crippen LogP contribution in [0.15, 0.2) is 60.9 Å². The van der Waals surface area contributed by atoms with E-state index < -0.39 is 0 Å². The molecule has 0 saturated heterocycles. The van der Waals surface area contributed by atoms with Crippen LogP contribution in [-0.4, -0.2) is 32.6 Å². The molecule has 2 heterocycles. The topological polar surface area (TPSA) is 81.4 Å². The smallest absolute Gasteiger partial charge is 0.224 e. The number of amides is 1. The number of nitrogens with one attached hydrogen (secondary N) is 1. The van der Waals surface area contributed by atoms with E-state index in [1.54, 1.807) is 30.1 Å². The molecule has 30 heavy (non-hydrogen) atoms. The third-order valence-corrected chi connectivity index (χ3v) is 4.67. The Labute approximate surface area is 172 Å². The van der Waals surface area contributed by atoms with Crippen molar-refractivity contribution in [3.63, 3.8) is 0 Å². The Balaban J connectivity index is 1.48. The molecule has 1 N–H and O–H groups in total. The molecule has 1 amide bonds. The number of nitrogens with zero attached hydrogens (tertiary/aromatic N) is 4. The maximum Gasteiger partial charge on any atom is 0.224 e. The highest BCUT2D eigenvalue weighted by atomic mass is 19.1. The van der Waals surface area contributed by atoms with Crippen LogP contribution in [0.2, 0.25) is 0 Å². The lowest BCUT2D eigenvalue weighted by Gasteiger charge is -2.10. The SMILES string of the molecule is COc1ccc(-c2cc3nc([C@H](C)NC(=O)Cc4ccc(F)cc4)nn3cn2)cc1. The molecule has 0 unspecified atom stereocenters. The van der Waals surface area contributed by atoms with Crippen LogP contribution in [-0.2, 0) is 11.2 Å². The van der Waals surface area contributed by atoms with Crippen LogP contribution in [0.1, 0.15) is 24.4 Å². The molecule has 152 valence electrons. The number of carbonyl (C=O) groups excluding carboxylic acids is 1. The number of aromatic nitrogens is 4. The van der Waals surface area contributed by atoms with Crippen molar-refractivity contribution < 1.29 is 13.9 Å². The van der Waals surface area contributed by atoms with E-state index in [1.807, 2.05) is 37.3 Å². The Kier molecular flexibility index (Phi) is 5.38. The second-order valence-corrected chi connectivity index (χ2v) is 6.87. The zero-order chi connectivity index (χ0) is 21.1. The number of benzene rings is 2. The van der Waals surface area contributed by atoms with E-state index >= 15 is 0 Å². The largest absolute Gasteiger partial charge is 0.497 e. The highest BCUT2D eigenvalue weighted by molar-refractivity contribution is 5.78. The molecule has 1 atom stereocenters.